The van der Waals surface area contributed by atoms with Gasteiger partial charge in [0.1, 0.15) is 16.7 Å². The minimum Gasteiger partial charge on any atom is -0.456 e. The van der Waals surface area contributed by atoms with Crippen molar-refractivity contribution in [1.29, 1.82) is 0 Å². The van der Waals surface area contributed by atoms with Crippen LogP contribution in [0.1, 0.15) is 0 Å². The molecule has 7 aromatic carbocycles. The number of hydrogen-bond donors (Lipinski definition) is 0. The molecule has 0 atom stereocenters. The molecular formula is C40H25NO2. The van der Waals surface area contributed by atoms with Gasteiger partial charge in [0.25, 0.3) is 0 Å². The lowest BCUT2D eigenvalue weighted by Crippen LogP contribution is -2.10. The van der Waals surface area contributed by atoms with Crippen molar-refractivity contribution in [2.24, 2.45) is 0 Å². The zero-order valence-electron chi connectivity index (χ0n) is 23.2. The number of fused-ring (bicyclic) bond motifs is 7. The Balaban J connectivity index is 1.24. The van der Waals surface area contributed by atoms with Crippen LogP contribution in [0.2, 0.25) is 0 Å². The summed E-state index contributed by atoms with van der Waals surface area (Å²) in [5.41, 5.74) is 8.87. The van der Waals surface area contributed by atoms with Gasteiger partial charge in [-0.15, -0.1) is 0 Å². The Hall–Kier alpha value is -5.80. The molecule has 9 aromatic rings. The maximum Gasteiger partial charge on any atom is 0.159 e. The molecule has 0 bridgehead atoms. The SMILES string of the molecule is c1ccc(-c2ccc3c(c2)oc2cc4c(cc23)oc2c(N(c3ccccc3)c3ccc5ccccc5c3)cccc24)cc1. The molecule has 202 valence electrons. The molecule has 0 aliphatic heterocycles. The molecular weight excluding hydrogens is 526 g/mol. The summed E-state index contributed by atoms with van der Waals surface area (Å²) in [5, 5.41) is 6.64. The van der Waals surface area contributed by atoms with Crippen LogP contribution >= 0.6 is 0 Å². The summed E-state index contributed by atoms with van der Waals surface area (Å²) >= 11 is 0. The fourth-order valence-electron chi connectivity index (χ4n) is 6.36. The van der Waals surface area contributed by atoms with Gasteiger partial charge in [-0.3, -0.25) is 0 Å². The maximum absolute atomic E-state index is 6.73. The Morgan fingerprint density at radius 1 is 0.372 bits per heavy atom. The molecule has 0 amide bonds. The smallest absolute Gasteiger partial charge is 0.159 e. The zero-order valence-corrected chi connectivity index (χ0v) is 23.2. The summed E-state index contributed by atoms with van der Waals surface area (Å²) in [6.07, 6.45) is 0. The van der Waals surface area contributed by atoms with E-state index in [1.165, 1.54) is 16.3 Å². The molecule has 0 unspecified atom stereocenters. The monoisotopic (exact) mass is 551 g/mol. The molecule has 3 nitrogen and oxygen atoms in total. The van der Waals surface area contributed by atoms with Crippen molar-refractivity contribution in [3.05, 3.63) is 152 Å². The summed E-state index contributed by atoms with van der Waals surface area (Å²) in [6, 6.07) is 53.0. The van der Waals surface area contributed by atoms with E-state index in [-0.39, 0.29) is 0 Å². The molecule has 0 aliphatic rings. The number of nitrogens with zero attached hydrogens (tertiary/aromatic N) is 1. The number of furan rings is 2. The standard InChI is InChI=1S/C40H25NO2/c1-3-10-26(11-4-1)29-19-21-32-34-24-39-35(25-38(34)42-37(32)23-29)33-16-9-17-36(40(33)43-39)41(30-14-5-2-6-15-30)31-20-18-27-12-7-8-13-28(27)22-31/h1-25H. The molecule has 2 heterocycles. The van der Waals surface area contributed by atoms with Crippen molar-refractivity contribution in [1.82, 2.24) is 0 Å². The first-order chi connectivity index (χ1) is 21.3. The highest BCUT2D eigenvalue weighted by Gasteiger charge is 2.21. The highest BCUT2D eigenvalue weighted by atomic mass is 16.3. The van der Waals surface area contributed by atoms with Gasteiger partial charge in [-0.25, -0.2) is 0 Å². The molecule has 0 radical (unpaired) electrons. The second-order valence-electron chi connectivity index (χ2n) is 11.0. The van der Waals surface area contributed by atoms with E-state index in [4.69, 9.17) is 8.83 Å². The third-order valence-electron chi connectivity index (χ3n) is 8.42. The van der Waals surface area contributed by atoms with E-state index < -0.39 is 0 Å². The molecule has 2 aromatic heterocycles. The van der Waals surface area contributed by atoms with E-state index in [0.717, 1.165) is 66.5 Å². The first-order valence-corrected chi connectivity index (χ1v) is 14.5. The number of para-hydroxylation sites is 2. The van der Waals surface area contributed by atoms with E-state index >= 15 is 0 Å². The van der Waals surface area contributed by atoms with Gasteiger partial charge in [0, 0.05) is 32.9 Å². The van der Waals surface area contributed by atoms with Crippen LogP contribution in [-0.4, -0.2) is 0 Å². The van der Waals surface area contributed by atoms with Crippen LogP contribution in [-0.2, 0) is 0 Å². The summed E-state index contributed by atoms with van der Waals surface area (Å²) in [6.45, 7) is 0. The van der Waals surface area contributed by atoms with Gasteiger partial charge in [-0.05, 0) is 76.5 Å². The number of benzene rings is 7. The van der Waals surface area contributed by atoms with Crippen LogP contribution in [0.3, 0.4) is 0 Å². The van der Waals surface area contributed by atoms with Crippen molar-refractivity contribution in [3.8, 4) is 11.1 Å². The molecule has 0 saturated heterocycles. The zero-order chi connectivity index (χ0) is 28.3. The Morgan fingerprint density at radius 3 is 1.91 bits per heavy atom. The predicted molar refractivity (Wildman–Crippen MR) is 179 cm³/mol. The first kappa shape index (κ1) is 23.9. The van der Waals surface area contributed by atoms with Crippen molar-refractivity contribution in [2.75, 3.05) is 4.90 Å². The van der Waals surface area contributed by atoms with E-state index in [1.54, 1.807) is 0 Å². The van der Waals surface area contributed by atoms with Gasteiger partial charge < -0.3 is 13.7 Å². The summed E-state index contributed by atoms with van der Waals surface area (Å²) in [7, 11) is 0. The Kier molecular flexibility index (Phi) is 5.20. The molecule has 0 saturated carbocycles. The molecule has 0 N–H and O–H groups in total. The highest BCUT2D eigenvalue weighted by molar-refractivity contribution is 6.17. The van der Waals surface area contributed by atoms with Crippen LogP contribution < -0.4 is 4.90 Å². The fraction of sp³-hybridized carbons (Fsp3) is 0. The van der Waals surface area contributed by atoms with Crippen LogP contribution in [0.4, 0.5) is 17.1 Å². The summed E-state index contributed by atoms with van der Waals surface area (Å²) < 4.78 is 13.2. The lowest BCUT2D eigenvalue weighted by Gasteiger charge is -2.25. The van der Waals surface area contributed by atoms with Gasteiger partial charge >= 0.3 is 0 Å². The van der Waals surface area contributed by atoms with Crippen molar-refractivity contribution >= 4 is 71.7 Å². The molecule has 43 heavy (non-hydrogen) atoms. The second kappa shape index (κ2) is 9.37. The van der Waals surface area contributed by atoms with Crippen LogP contribution in [0.25, 0.3) is 65.8 Å². The Labute approximate surface area is 247 Å². The number of rotatable bonds is 4. The quantitative estimate of drug-likeness (QED) is 0.218. The Morgan fingerprint density at radius 2 is 1.07 bits per heavy atom. The van der Waals surface area contributed by atoms with E-state index in [1.807, 2.05) is 12.1 Å². The number of hydrogen-bond acceptors (Lipinski definition) is 3. The third kappa shape index (κ3) is 3.83. The number of anilines is 3. The van der Waals surface area contributed by atoms with Crippen LogP contribution in [0, 0.1) is 0 Å². The van der Waals surface area contributed by atoms with E-state index in [0.29, 0.717) is 0 Å². The fourth-order valence-corrected chi connectivity index (χ4v) is 6.36. The average Bonchev–Trinajstić information content (AvgIpc) is 3.62. The van der Waals surface area contributed by atoms with Crippen LogP contribution in [0.15, 0.2) is 160 Å². The summed E-state index contributed by atoms with van der Waals surface area (Å²) in [4.78, 5) is 2.28. The molecule has 3 heteroatoms. The summed E-state index contributed by atoms with van der Waals surface area (Å²) in [5.74, 6) is 0. The van der Waals surface area contributed by atoms with Gasteiger partial charge in [0.2, 0.25) is 0 Å². The van der Waals surface area contributed by atoms with E-state index in [9.17, 15) is 0 Å². The van der Waals surface area contributed by atoms with Crippen molar-refractivity contribution in [2.45, 2.75) is 0 Å². The minimum absolute atomic E-state index is 0.844. The Bertz CT molecular complexity index is 2450. The normalized spacial score (nSPS) is 11.7. The third-order valence-corrected chi connectivity index (χ3v) is 8.42. The van der Waals surface area contributed by atoms with Gasteiger partial charge in [0.15, 0.2) is 5.58 Å². The molecule has 0 spiro atoms. The first-order valence-electron chi connectivity index (χ1n) is 14.5. The predicted octanol–water partition coefficient (Wildman–Crippen LogP) is 11.8. The molecule has 9 rings (SSSR count). The van der Waals surface area contributed by atoms with Crippen molar-refractivity contribution in [3.63, 3.8) is 0 Å². The second-order valence-corrected chi connectivity index (χ2v) is 11.0. The van der Waals surface area contributed by atoms with Crippen LogP contribution in [0.5, 0.6) is 0 Å². The lowest BCUT2D eigenvalue weighted by atomic mass is 10.0. The van der Waals surface area contributed by atoms with Gasteiger partial charge in [-0.1, -0.05) is 97.1 Å². The van der Waals surface area contributed by atoms with Gasteiger partial charge in [0.05, 0.1) is 5.69 Å². The van der Waals surface area contributed by atoms with Crippen molar-refractivity contribution < 1.29 is 8.83 Å². The lowest BCUT2D eigenvalue weighted by molar-refractivity contribution is 0.664. The van der Waals surface area contributed by atoms with Gasteiger partial charge in [-0.2, -0.15) is 0 Å². The maximum atomic E-state index is 6.73. The minimum atomic E-state index is 0.844. The largest absolute Gasteiger partial charge is 0.456 e. The molecule has 0 fully saturated rings. The topological polar surface area (TPSA) is 29.5 Å². The van der Waals surface area contributed by atoms with E-state index in [2.05, 4.69) is 144 Å². The average molecular weight is 552 g/mol. The highest BCUT2D eigenvalue weighted by Crippen LogP contribution is 2.44. The molecule has 0 aliphatic carbocycles.